The van der Waals surface area contributed by atoms with Crippen molar-refractivity contribution in [2.24, 2.45) is 0 Å². The highest BCUT2D eigenvalue weighted by Crippen LogP contribution is 2.06. The van der Waals surface area contributed by atoms with Gasteiger partial charge in [-0.3, -0.25) is 0 Å². The fraction of sp³-hybridized carbons (Fsp3) is 0.500. The molecule has 0 unspecified atom stereocenters. The summed E-state index contributed by atoms with van der Waals surface area (Å²) in [5, 5.41) is 3.19. The first-order valence-electron chi connectivity index (χ1n) is 4.67. The number of halogens is 1. The lowest BCUT2D eigenvalue weighted by Gasteiger charge is -2.04. The van der Waals surface area contributed by atoms with Gasteiger partial charge in [-0.2, -0.15) is 16.2 Å². The Morgan fingerprint density at radius 2 is 2.29 bits per heavy atom. The SMILES string of the molecule is CSCCCCNc1ccc(F)nc1. The average Bonchev–Trinajstić information content (AvgIpc) is 2.21. The van der Waals surface area contributed by atoms with Crippen LogP contribution in [0, 0.1) is 5.95 Å². The van der Waals surface area contributed by atoms with E-state index in [0.717, 1.165) is 18.7 Å². The van der Waals surface area contributed by atoms with Crippen molar-refractivity contribution in [3.8, 4) is 0 Å². The summed E-state index contributed by atoms with van der Waals surface area (Å²) in [5.74, 6) is 0.765. The van der Waals surface area contributed by atoms with Crippen molar-refractivity contribution in [1.29, 1.82) is 0 Å². The van der Waals surface area contributed by atoms with Crippen LogP contribution in [0.2, 0.25) is 0 Å². The molecule has 14 heavy (non-hydrogen) atoms. The molecule has 1 aromatic heterocycles. The maximum absolute atomic E-state index is 12.4. The molecule has 0 atom stereocenters. The third kappa shape index (κ3) is 4.46. The van der Waals surface area contributed by atoms with E-state index in [1.807, 2.05) is 11.8 Å². The Morgan fingerprint density at radius 3 is 2.93 bits per heavy atom. The molecular formula is C10H15FN2S. The van der Waals surface area contributed by atoms with Gasteiger partial charge in [-0.15, -0.1) is 0 Å². The Kier molecular flexibility index (Phi) is 5.37. The van der Waals surface area contributed by atoms with Crippen LogP contribution in [0.3, 0.4) is 0 Å². The third-order valence-electron chi connectivity index (χ3n) is 1.83. The molecule has 2 nitrogen and oxygen atoms in total. The predicted octanol–water partition coefficient (Wildman–Crippen LogP) is 2.78. The van der Waals surface area contributed by atoms with Crippen LogP contribution in [-0.2, 0) is 0 Å². The lowest BCUT2D eigenvalue weighted by atomic mass is 10.3. The topological polar surface area (TPSA) is 24.9 Å². The molecule has 0 radical (unpaired) electrons. The molecule has 0 saturated carbocycles. The summed E-state index contributed by atoms with van der Waals surface area (Å²) in [6.45, 7) is 0.924. The van der Waals surface area contributed by atoms with Gasteiger partial charge in [0.1, 0.15) is 0 Å². The van der Waals surface area contributed by atoms with Crippen molar-refractivity contribution in [2.45, 2.75) is 12.8 Å². The maximum Gasteiger partial charge on any atom is 0.212 e. The number of aromatic nitrogens is 1. The lowest BCUT2D eigenvalue weighted by molar-refractivity contribution is 0.584. The average molecular weight is 214 g/mol. The largest absolute Gasteiger partial charge is 0.384 e. The molecule has 0 spiro atoms. The Labute approximate surface area is 88.3 Å². The summed E-state index contributed by atoms with van der Waals surface area (Å²) in [6.07, 6.45) is 5.97. The molecule has 0 bridgehead atoms. The second-order valence-corrected chi connectivity index (χ2v) is 3.98. The van der Waals surface area contributed by atoms with E-state index in [9.17, 15) is 4.39 Å². The van der Waals surface area contributed by atoms with E-state index in [-0.39, 0.29) is 0 Å². The van der Waals surface area contributed by atoms with Crippen LogP contribution < -0.4 is 5.32 Å². The van der Waals surface area contributed by atoms with E-state index in [2.05, 4.69) is 16.6 Å². The molecular weight excluding hydrogens is 199 g/mol. The van der Waals surface area contributed by atoms with Gasteiger partial charge in [-0.1, -0.05) is 0 Å². The van der Waals surface area contributed by atoms with Gasteiger partial charge in [0, 0.05) is 6.54 Å². The number of rotatable bonds is 6. The quantitative estimate of drug-likeness (QED) is 0.582. The molecule has 0 aromatic carbocycles. The van der Waals surface area contributed by atoms with Crippen molar-refractivity contribution in [2.75, 3.05) is 23.9 Å². The first kappa shape index (κ1) is 11.3. The van der Waals surface area contributed by atoms with Crippen molar-refractivity contribution in [3.63, 3.8) is 0 Å². The standard InChI is InChI=1S/C10H15FN2S/c1-14-7-3-2-6-12-9-4-5-10(11)13-8-9/h4-5,8,12H,2-3,6-7H2,1H3. The Bertz CT molecular complexity index is 251. The van der Waals surface area contributed by atoms with Crippen molar-refractivity contribution >= 4 is 17.4 Å². The molecule has 4 heteroatoms. The highest BCUT2D eigenvalue weighted by atomic mass is 32.2. The molecule has 0 amide bonds. The van der Waals surface area contributed by atoms with Gasteiger partial charge in [0.25, 0.3) is 0 Å². The minimum absolute atomic E-state index is 0.432. The maximum atomic E-state index is 12.4. The van der Waals surface area contributed by atoms with E-state index in [4.69, 9.17) is 0 Å². The van der Waals surface area contributed by atoms with E-state index in [1.54, 1.807) is 6.07 Å². The minimum Gasteiger partial charge on any atom is -0.384 e. The van der Waals surface area contributed by atoms with Gasteiger partial charge in [-0.05, 0) is 37.0 Å². The summed E-state index contributed by atoms with van der Waals surface area (Å²) in [7, 11) is 0. The van der Waals surface area contributed by atoms with E-state index >= 15 is 0 Å². The highest BCUT2D eigenvalue weighted by Gasteiger charge is 1.93. The zero-order valence-corrected chi connectivity index (χ0v) is 9.11. The van der Waals surface area contributed by atoms with Gasteiger partial charge < -0.3 is 5.32 Å². The number of hydrogen-bond acceptors (Lipinski definition) is 3. The monoisotopic (exact) mass is 214 g/mol. The van der Waals surface area contributed by atoms with Gasteiger partial charge in [0.15, 0.2) is 0 Å². The summed E-state index contributed by atoms with van der Waals surface area (Å²) in [4.78, 5) is 3.56. The fourth-order valence-corrected chi connectivity index (χ4v) is 1.58. The number of unbranched alkanes of at least 4 members (excludes halogenated alkanes) is 1. The summed E-state index contributed by atoms with van der Waals surface area (Å²) in [5.41, 5.74) is 0.885. The van der Waals surface area contributed by atoms with Crippen LogP contribution in [0.25, 0.3) is 0 Å². The van der Waals surface area contributed by atoms with E-state index in [0.29, 0.717) is 0 Å². The van der Waals surface area contributed by atoms with Crippen LogP contribution in [0.5, 0.6) is 0 Å². The Hall–Kier alpha value is -0.770. The number of nitrogens with zero attached hydrogens (tertiary/aromatic N) is 1. The minimum atomic E-state index is -0.432. The molecule has 0 aliphatic heterocycles. The fourth-order valence-electron chi connectivity index (χ4n) is 1.08. The zero-order valence-electron chi connectivity index (χ0n) is 8.29. The second kappa shape index (κ2) is 6.65. The van der Waals surface area contributed by atoms with Crippen LogP contribution in [0.4, 0.5) is 10.1 Å². The van der Waals surface area contributed by atoms with Crippen molar-refractivity contribution < 1.29 is 4.39 Å². The molecule has 78 valence electrons. The normalized spacial score (nSPS) is 10.1. The first-order chi connectivity index (χ1) is 6.83. The lowest BCUT2D eigenvalue weighted by Crippen LogP contribution is -2.02. The van der Waals surface area contributed by atoms with Crippen LogP contribution in [-0.4, -0.2) is 23.5 Å². The van der Waals surface area contributed by atoms with Crippen LogP contribution in [0.15, 0.2) is 18.3 Å². The number of pyridine rings is 1. The summed E-state index contributed by atoms with van der Waals surface area (Å²) in [6, 6.07) is 3.07. The Morgan fingerprint density at radius 1 is 1.43 bits per heavy atom. The van der Waals surface area contributed by atoms with Gasteiger partial charge in [0.2, 0.25) is 5.95 Å². The first-order valence-corrected chi connectivity index (χ1v) is 6.06. The van der Waals surface area contributed by atoms with Gasteiger partial charge in [0.05, 0.1) is 11.9 Å². The molecule has 1 N–H and O–H groups in total. The number of nitrogens with one attached hydrogen (secondary N) is 1. The molecule has 1 aromatic rings. The van der Waals surface area contributed by atoms with Crippen LogP contribution >= 0.6 is 11.8 Å². The van der Waals surface area contributed by atoms with Crippen LogP contribution in [0.1, 0.15) is 12.8 Å². The third-order valence-corrected chi connectivity index (χ3v) is 2.53. The summed E-state index contributed by atoms with van der Waals surface area (Å²) >= 11 is 1.86. The van der Waals surface area contributed by atoms with Crippen molar-refractivity contribution in [3.05, 3.63) is 24.3 Å². The zero-order chi connectivity index (χ0) is 10.2. The number of anilines is 1. The molecule has 1 rings (SSSR count). The van der Waals surface area contributed by atoms with Gasteiger partial charge >= 0.3 is 0 Å². The van der Waals surface area contributed by atoms with E-state index < -0.39 is 5.95 Å². The molecule has 0 saturated heterocycles. The van der Waals surface area contributed by atoms with Gasteiger partial charge in [-0.25, -0.2) is 4.98 Å². The summed E-state index contributed by atoms with van der Waals surface area (Å²) < 4.78 is 12.4. The second-order valence-electron chi connectivity index (χ2n) is 3.00. The number of hydrogen-bond donors (Lipinski definition) is 1. The molecule has 0 aliphatic rings. The Balaban J connectivity index is 2.15. The number of thioether (sulfide) groups is 1. The molecule has 0 aliphatic carbocycles. The molecule has 1 heterocycles. The predicted molar refractivity (Wildman–Crippen MR) is 60.3 cm³/mol. The smallest absolute Gasteiger partial charge is 0.212 e. The highest BCUT2D eigenvalue weighted by molar-refractivity contribution is 7.98. The van der Waals surface area contributed by atoms with E-state index in [1.165, 1.54) is 24.4 Å². The van der Waals surface area contributed by atoms with Crippen molar-refractivity contribution in [1.82, 2.24) is 4.98 Å². The molecule has 0 fully saturated rings.